The molecule has 3 fully saturated rings. The third-order valence-electron chi connectivity index (χ3n) is 10.9. The van der Waals surface area contributed by atoms with Crippen LogP contribution < -0.4 is 16.0 Å². The largest absolute Gasteiger partial charge is 0.299 e. The van der Waals surface area contributed by atoms with Crippen molar-refractivity contribution in [2.45, 2.75) is 119 Å². The smallest absolute Gasteiger partial charge is 0.159 e. The molecule has 2 N–H and O–H groups in total. The molecular formula is C44H65N5O. The number of likely N-dealkylation sites (tertiary alicyclic amines) is 1. The minimum absolute atomic E-state index is 0. The molecule has 5 aliphatic rings. The summed E-state index contributed by atoms with van der Waals surface area (Å²) in [7, 11) is 0. The molecule has 2 saturated heterocycles. The highest BCUT2D eigenvalue weighted by atomic mass is 16.1. The second-order valence-corrected chi connectivity index (χ2v) is 14.6. The number of benzene rings is 2. The van der Waals surface area contributed by atoms with E-state index >= 15 is 0 Å². The van der Waals surface area contributed by atoms with Crippen LogP contribution in [0.3, 0.4) is 0 Å². The van der Waals surface area contributed by atoms with Gasteiger partial charge in [-0.3, -0.25) is 9.69 Å². The first-order chi connectivity index (χ1) is 23.8. The SMILES string of the molecule is C.CC(=O)c1ccc(C)cc1.CCC1=CCC2NNN(c3ccc(C4CCN(CC5=CC6CC6C=C5)CC4)cc3)C2=N1.CCCC(CC)CC. The van der Waals surface area contributed by atoms with E-state index in [0.717, 1.165) is 54.2 Å². The van der Waals surface area contributed by atoms with Crippen LogP contribution in [0.15, 0.2) is 89.1 Å². The van der Waals surface area contributed by atoms with Crippen LogP contribution in [0.1, 0.15) is 127 Å². The molecular weight excluding hydrogens is 615 g/mol. The average molecular weight is 680 g/mol. The zero-order valence-corrected chi connectivity index (χ0v) is 31.1. The molecule has 3 heterocycles. The standard InChI is InChI=1S/C26H33N5.C9H10O.C8H18.CH4/c1-2-23-7-10-25-26(27-23)31(29-28-25)24-8-5-19(6-9-24)20-11-13-30(14-12-20)17-18-3-4-21-16-22(21)15-18;1-7-3-5-9(6-4-7)8(2)10;1-4-7-8(5-2)6-3;/h3-9,15,20-22,25,28-29H,2,10-14,16-17H2,1H3;3-6H,1-2H3;8H,4-7H2,1-3H3;1H4. The summed E-state index contributed by atoms with van der Waals surface area (Å²) < 4.78 is 0. The number of amidine groups is 1. The van der Waals surface area contributed by atoms with Crippen LogP contribution in [0.4, 0.5) is 5.69 Å². The van der Waals surface area contributed by atoms with Crippen molar-refractivity contribution in [2.75, 3.05) is 24.6 Å². The minimum atomic E-state index is 0. The minimum Gasteiger partial charge on any atom is -0.299 e. The van der Waals surface area contributed by atoms with Crippen molar-refractivity contribution in [1.29, 1.82) is 0 Å². The number of nitrogens with zero attached hydrogens (tertiary/aromatic N) is 3. The molecule has 0 aromatic heterocycles. The summed E-state index contributed by atoms with van der Waals surface area (Å²) in [5, 5.41) is 2.11. The topological polar surface area (TPSA) is 60.0 Å². The number of allylic oxidation sites excluding steroid dienone is 3. The summed E-state index contributed by atoms with van der Waals surface area (Å²) in [5.41, 5.74) is 14.0. The molecule has 2 aromatic rings. The summed E-state index contributed by atoms with van der Waals surface area (Å²) in [6.45, 7) is 16.1. The summed E-state index contributed by atoms with van der Waals surface area (Å²) in [6.07, 6.45) is 20.9. The van der Waals surface area contributed by atoms with Gasteiger partial charge in [0.2, 0.25) is 0 Å². The van der Waals surface area contributed by atoms with Crippen LogP contribution in [-0.4, -0.2) is 42.2 Å². The second-order valence-electron chi connectivity index (χ2n) is 14.6. The molecule has 0 radical (unpaired) electrons. The number of Topliss-reactive ketones (excluding diaryl/α,β-unsaturated/α-hetero) is 1. The number of hydrazine groups is 2. The predicted octanol–water partition coefficient (Wildman–Crippen LogP) is 10.3. The highest BCUT2D eigenvalue weighted by Gasteiger charge is 2.35. The van der Waals surface area contributed by atoms with Crippen LogP contribution in [0.5, 0.6) is 0 Å². The van der Waals surface area contributed by atoms with Gasteiger partial charge in [-0.1, -0.05) is 127 Å². The van der Waals surface area contributed by atoms with Gasteiger partial charge in [0.1, 0.15) is 5.84 Å². The van der Waals surface area contributed by atoms with Crippen molar-refractivity contribution in [3.8, 4) is 0 Å². The van der Waals surface area contributed by atoms with E-state index in [9.17, 15) is 4.79 Å². The van der Waals surface area contributed by atoms with Gasteiger partial charge < -0.3 is 0 Å². The van der Waals surface area contributed by atoms with Gasteiger partial charge in [-0.2, -0.15) is 5.53 Å². The van der Waals surface area contributed by atoms with Crippen molar-refractivity contribution in [2.24, 2.45) is 22.7 Å². The van der Waals surface area contributed by atoms with Gasteiger partial charge in [-0.05, 0) is 106 Å². The monoisotopic (exact) mass is 680 g/mol. The van der Waals surface area contributed by atoms with E-state index < -0.39 is 0 Å². The third-order valence-corrected chi connectivity index (χ3v) is 10.9. The number of aliphatic imine (C=N–C) groups is 1. The Kier molecular flexibility index (Phi) is 15.3. The van der Waals surface area contributed by atoms with Crippen LogP contribution in [0.25, 0.3) is 0 Å². The molecule has 0 bridgehead atoms. The van der Waals surface area contributed by atoms with Crippen molar-refractivity contribution in [1.82, 2.24) is 15.9 Å². The van der Waals surface area contributed by atoms with Crippen molar-refractivity contribution in [3.63, 3.8) is 0 Å². The Morgan fingerprint density at radius 2 is 1.66 bits per heavy atom. The van der Waals surface area contributed by atoms with Gasteiger partial charge in [-0.25, -0.2) is 15.4 Å². The lowest BCUT2D eigenvalue weighted by Gasteiger charge is -2.33. The summed E-state index contributed by atoms with van der Waals surface area (Å²) in [6, 6.07) is 17.0. The van der Waals surface area contributed by atoms with Gasteiger partial charge in [0, 0.05) is 17.8 Å². The number of carbonyl (C=O) groups is 1. The number of hydrogen-bond donors (Lipinski definition) is 2. The lowest BCUT2D eigenvalue weighted by Crippen LogP contribution is -2.38. The number of nitrogens with one attached hydrogen (secondary N) is 2. The van der Waals surface area contributed by atoms with E-state index in [1.807, 2.05) is 31.2 Å². The predicted molar refractivity (Wildman–Crippen MR) is 214 cm³/mol. The molecule has 2 aromatic carbocycles. The van der Waals surface area contributed by atoms with Gasteiger partial charge in [0.05, 0.1) is 11.7 Å². The number of hydrogen-bond acceptors (Lipinski definition) is 6. The number of rotatable bonds is 10. The van der Waals surface area contributed by atoms with Crippen LogP contribution in [0.2, 0.25) is 0 Å². The van der Waals surface area contributed by atoms with E-state index in [1.54, 1.807) is 12.5 Å². The zero-order chi connectivity index (χ0) is 34.8. The lowest BCUT2D eigenvalue weighted by molar-refractivity contribution is 0.101. The fourth-order valence-electron chi connectivity index (χ4n) is 7.38. The molecule has 3 aliphatic heterocycles. The number of ketones is 1. The van der Waals surface area contributed by atoms with Gasteiger partial charge in [-0.15, -0.1) is 0 Å². The molecule has 6 heteroatoms. The van der Waals surface area contributed by atoms with Crippen molar-refractivity contribution >= 4 is 17.3 Å². The first-order valence-corrected chi connectivity index (χ1v) is 19.2. The normalized spacial score (nSPS) is 22.4. The van der Waals surface area contributed by atoms with Gasteiger partial charge in [0.25, 0.3) is 0 Å². The molecule has 6 nitrogen and oxygen atoms in total. The quantitative estimate of drug-likeness (QED) is 0.245. The summed E-state index contributed by atoms with van der Waals surface area (Å²) in [5.74, 6) is 4.61. The number of piperidine rings is 1. The third kappa shape index (κ3) is 10.8. The maximum absolute atomic E-state index is 10.8. The Hall–Kier alpha value is -3.32. The number of anilines is 1. The molecule has 3 unspecified atom stereocenters. The fourth-order valence-corrected chi connectivity index (χ4v) is 7.38. The highest BCUT2D eigenvalue weighted by Crippen LogP contribution is 2.44. The number of carbonyl (C=O) groups excluding carboxylic acids is 1. The Labute approximate surface area is 304 Å². The first kappa shape index (κ1) is 39.5. The summed E-state index contributed by atoms with van der Waals surface area (Å²) in [4.78, 5) is 18.3. The molecule has 50 heavy (non-hydrogen) atoms. The molecule has 7 rings (SSSR count). The second kappa shape index (κ2) is 19.3. The molecule has 272 valence electrons. The van der Waals surface area contributed by atoms with Gasteiger partial charge >= 0.3 is 0 Å². The first-order valence-electron chi connectivity index (χ1n) is 19.2. The molecule has 3 atom stereocenters. The van der Waals surface area contributed by atoms with Crippen LogP contribution in [0, 0.1) is 24.7 Å². The average Bonchev–Trinajstić information content (AvgIpc) is 3.79. The van der Waals surface area contributed by atoms with E-state index in [1.165, 1.54) is 74.9 Å². The Morgan fingerprint density at radius 3 is 2.24 bits per heavy atom. The fraction of sp³-hybridized carbons (Fsp3) is 0.545. The van der Waals surface area contributed by atoms with E-state index in [4.69, 9.17) is 4.99 Å². The molecule has 0 spiro atoms. The zero-order valence-electron chi connectivity index (χ0n) is 31.1. The van der Waals surface area contributed by atoms with E-state index in [2.05, 4.69) is 97.1 Å². The highest BCUT2D eigenvalue weighted by molar-refractivity contribution is 6.03. The molecule has 1 saturated carbocycles. The molecule has 0 amide bonds. The van der Waals surface area contributed by atoms with Crippen LogP contribution >= 0.6 is 0 Å². The van der Waals surface area contributed by atoms with Gasteiger partial charge in [0.15, 0.2) is 5.78 Å². The number of aryl methyl sites for hydroxylation is 1. The Balaban J connectivity index is 0.000000245. The Bertz CT molecular complexity index is 1480. The van der Waals surface area contributed by atoms with E-state index in [-0.39, 0.29) is 19.3 Å². The maximum Gasteiger partial charge on any atom is 0.159 e. The maximum atomic E-state index is 10.8. The van der Waals surface area contributed by atoms with Crippen molar-refractivity contribution < 1.29 is 4.79 Å². The van der Waals surface area contributed by atoms with Crippen LogP contribution in [-0.2, 0) is 0 Å². The van der Waals surface area contributed by atoms with E-state index in [0.29, 0.717) is 5.92 Å². The lowest BCUT2D eigenvalue weighted by atomic mass is 9.89. The van der Waals surface area contributed by atoms with Crippen molar-refractivity contribution in [3.05, 3.63) is 101 Å². The molecule has 2 aliphatic carbocycles. The summed E-state index contributed by atoms with van der Waals surface area (Å²) >= 11 is 0. The number of fused-ring (bicyclic) bond motifs is 2. The Morgan fingerprint density at radius 1 is 0.960 bits per heavy atom.